The Morgan fingerprint density at radius 1 is 0.853 bits per heavy atom. The van der Waals surface area contributed by atoms with Crippen LogP contribution in [0.3, 0.4) is 0 Å². The molecule has 432 valence electrons. The molecule has 0 aromatic carbocycles. The Morgan fingerprint density at radius 2 is 1.59 bits per heavy atom. The zero-order valence-electron chi connectivity index (χ0n) is 45.9. The molecule has 4 aliphatic carbocycles. The van der Waals surface area contributed by atoms with Crippen LogP contribution in [0.5, 0.6) is 0 Å². The third kappa shape index (κ3) is 10.7. The molecular formula is C56H94IN2O16-. The van der Waals surface area contributed by atoms with Gasteiger partial charge in [0, 0.05) is 0 Å². The van der Waals surface area contributed by atoms with Gasteiger partial charge in [0.05, 0.1) is 6.61 Å². The predicted molar refractivity (Wildman–Crippen MR) is 271 cm³/mol. The van der Waals surface area contributed by atoms with Crippen molar-refractivity contribution >= 4 is 11.9 Å². The quantitative estimate of drug-likeness (QED) is 0.0323. The van der Waals surface area contributed by atoms with Crippen molar-refractivity contribution in [3.8, 4) is 0 Å². The molecule has 8 rings (SSSR count). The number of unbranched alkanes of at least 4 members (excludes halogenated alkanes) is 2. The first-order chi connectivity index (χ1) is 35.2. The summed E-state index contributed by atoms with van der Waals surface area (Å²) in [6.45, 7) is 17.1. The molecule has 4 saturated carbocycles. The Labute approximate surface area is 454 Å². The summed E-state index contributed by atoms with van der Waals surface area (Å²) in [5.41, 5.74) is 5.68. The fourth-order valence-electron chi connectivity index (χ4n) is 16.2. The van der Waals surface area contributed by atoms with E-state index in [4.69, 9.17) is 29.4 Å². The van der Waals surface area contributed by atoms with Gasteiger partial charge in [-0.2, -0.15) is 0 Å². The van der Waals surface area contributed by atoms with Gasteiger partial charge in [-0.05, 0) is 13.0 Å². The normalized spacial score (nSPS) is 49.1. The predicted octanol–water partition coefficient (Wildman–Crippen LogP) is -0.540. The van der Waals surface area contributed by atoms with Gasteiger partial charge in [0.15, 0.2) is 0 Å². The van der Waals surface area contributed by atoms with Crippen LogP contribution >= 0.6 is 0 Å². The summed E-state index contributed by atoms with van der Waals surface area (Å²) < 4.78 is 31.9. The molecule has 0 bridgehead atoms. The second-order valence-electron chi connectivity index (χ2n) is 26.3. The Bertz CT molecular complexity index is 2050. The molecule has 22 atom stereocenters. The molecule has 4 saturated heterocycles. The number of amides is 1. The summed E-state index contributed by atoms with van der Waals surface area (Å²) in [6.07, 6.45) is -6.02. The van der Waals surface area contributed by atoms with Crippen LogP contribution in [0, 0.1) is 44.3 Å². The maximum absolute atomic E-state index is 16.0. The van der Waals surface area contributed by atoms with E-state index < -0.39 is 137 Å². The number of nitrogens with two attached hydrogens (primary N) is 1. The summed E-state index contributed by atoms with van der Waals surface area (Å²) in [5, 5.41) is 104. The molecule has 12 N–H and O–H groups in total. The summed E-state index contributed by atoms with van der Waals surface area (Å²) in [7, 11) is 0. The second-order valence-corrected chi connectivity index (χ2v) is 29.2. The van der Waals surface area contributed by atoms with E-state index in [-0.39, 0.29) is 50.1 Å². The van der Waals surface area contributed by atoms with E-state index in [1.807, 2.05) is 0 Å². The van der Waals surface area contributed by atoms with E-state index in [0.29, 0.717) is 50.5 Å². The van der Waals surface area contributed by atoms with Crippen LogP contribution in [0.25, 0.3) is 0 Å². The van der Waals surface area contributed by atoms with Crippen LogP contribution in [-0.2, 0) is 33.3 Å². The summed E-state index contributed by atoms with van der Waals surface area (Å²) in [5.74, 6) is -2.65. The second kappa shape index (κ2) is 22.7. The molecule has 1 amide bonds. The summed E-state index contributed by atoms with van der Waals surface area (Å²) >= 11 is -0.678. The van der Waals surface area contributed by atoms with E-state index in [1.54, 1.807) is 0 Å². The van der Waals surface area contributed by atoms with Gasteiger partial charge in [0.2, 0.25) is 0 Å². The molecule has 0 aromatic heterocycles. The number of rotatable bonds is 15. The summed E-state index contributed by atoms with van der Waals surface area (Å²) in [4.78, 5) is 29.3. The van der Waals surface area contributed by atoms with E-state index in [9.17, 15) is 50.8 Å². The Balaban J connectivity index is 1.12. The number of hydrogen-bond donors (Lipinski definition) is 11. The Kier molecular flexibility index (Phi) is 18.1. The molecule has 0 spiro atoms. The molecule has 18 nitrogen and oxygen atoms in total. The molecule has 8 fully saturated rings. The van der Waals surface area contributed by atoms with Gasteiger partial charge in [-0.3, -0.25) is 0 Å². The fourth-order valence-corrected chi connectivity index (χ4v) is 21.0. The van der Waals surface area contributed by atoms with Crippen LogP contribution in [0.15, 0.2) is 11.6 Å². The van der Waals surface area contributed by atoms with Crippen LogP contribution in [-0.4, -0.2) is 177 Å². The van der Waals surface area contributed by atoms with Gasteiger partial charge in [-0.1, -0.05) is 6.42 Å². The Hall–Kier alpha value is -1.15. The molecule has 14 unspecified atom stereocenters. The number of esters is 1. The first kappa shape index (κ1) is 60.0. The number of aliphatic hydroxyl groups excluding tert-OH is 9. The average Bonchev–Trinajstić information content (AvgIpc) is 3.51. The summed E-state index contributed by atoms with van der Waals surface area (Å²) in [6, 6.07) is -1.34. The van der Waals surface area contributed by atoms with Gasteiger partial charge >= 0.3 is 387 Å². The molecular weight excluding hydrogens is 1080 g/mol. The third-order valence-electron chi connectivity index (χ3n) is 20.8. The third-order valence-corrected chi connectivity index (χ3v) is 26.2. The molecule has 8 aliphatic rings. The standard InChI is InChI=1S/C56H94IN2O16/c1-9-55-20-16-35-51(5,6)37(62)17-19-53(35,8)36(55)26-52(55,7)24-31-14-13-18-54(22-21-50(3,4)29-57-46(31)54)49(70)75-56(47(69)42(66)39(34(27-60)74-56)59-38(63)15-11-10-12-23-58)25-33-41(65)43(67)45(30(2)72-33)73-48-44(68)40(64)32(61)28-71-48/h24,30,32-37,39-48,60-62,64-69H,9-23,25-29,58H2,1-8H3,(H,59,63)/q-1/b31-24+/t30?,32-,33+,34?,35?,36?,37+,39+,40?,41?,42?,43?,44?,45+,46?,47?,48+,52?,53?,54-,55?,56+/m1/s1. The SMILES string of the molecule is CCC12CCC3C(C)(CC[C@H](O)C3(C)C)C1CC2(C)/C=C1\CCC[C@@]2(C(=O)O[C@]3(C[C@@H]4OC(C)[C@H](O[C@@H]5OC[C@@H](O)C(O)C5O)C(O)C4O)OC(CO)[C@H](NC(=O)CCCCCN)C(O)C3O)CCC(C)(C)C[I-]C12. The molecule has 0 aromatic rings. The van der Waals surface area contributed by atoms with Gasteiger partial charge in [-0.25, -0.2) is 0 Å². The van der Waals surface area contributed by atoms with Crippen molar-refractivity contribution in [3.63, 3.8) is 0 Å². The van der Waals surface area contributed by atoms with E-state index in [2.05, 4.69) is 59.9 Å². The first-order valence-corrected chi connectivity index (χ1v) is 31.2. The topological polar surface area (TPSA) is 300 Å². The van der Waals surface area contributed by atoms with Crippen LogP contribution in [0.2, 0.25) is 0 Å². The van der Waals surface area contributed by atoms with Crippen LogP contribution in [0.1, 0.15) is 158 Å². The van der Waals surface area contributed by atoms with Crippen LogP contribution < -0.4 is 32.3 Å². The van der Waals surface area contributed by atoms with Gasteiger partial charge < -0.3 is 25.8 Å². The minimum absolute atomic E-state index is 0.0576. The first-order valence-electron chi connectivity index (χ1n) is 28.4. The molecule has 0 radical (unpaired) electrons. The van der Waals surface area contributed by atoms with Gasteiger partial charge in [-0.15, -0.1) is 0 Å². The van der Waals surface area contributed by atoms with Crippen molar-refractivity contribution in [1.29, 1.82) is 0 Å². The zero-order chi connectivity index (χ0) is 54.8. The number of allylic oxidation sites excluding steroid dienone is 2. The number of nitrogens with one attached hydrogen (secondary N) is 1. The number of aliphatic hydroxyl groups is 9. The number of ether oxygens (including phenoxy) is 5. The number of carbonyl (C=O) groups excluding carboxylic acids is 2. The van der Waals surface area contributed by atoms with Crippen molar-refractivity contribution < 1.29 is 100 Å². The molecule has 4 heterocycles. The maximum atomic E-state index is 16.0. The van der Waals surface area contributed by atoms with Crippen molar-refractivity contribution in [2.75, 3.05) is 24.2 Å². The Morgan fingerprint density at radius 3 is 2.28 bits per heavy atom. The minimum atomic E-state index is -2.50. The number of alkyl halides is 2. The number of fused-ring (bicyclic) bond motifs is 4. The van der Waals surface area contributed by atoms with E-state index >= 15 is 4.79 Å². The van der Waals surface area contributed by atoms with Crippen molar-refractivity contribution in [2.45, 2.75) is 253 Å². The average molecular weight is 1180 g/mol. The number of halogens is 1. The zero-order valence-corrected chi connectivity index (χ0v) is 48.0. The van der Waals surface area contributed by atoms with Crippen molar-refractivity contribution in [1.82, 2.24) is 5.32 Å². The van der Waals surface area contributed by atoms with Crippen molar-refractivity contribution in [3.05, 3.63) is 11.6 Å². The molecule has 4 aliphatic heterocycles. The van der Waals surface area contributed by atoms with Gasteiger partial charge in [0.1, 0.15) is 18.3 Å². The van der Waals surface area contributed by atoms with Gasteiger partial charge in [0.25, 0.3) is 0 Å². The molecule has 75 heavy (non-hydrogen) atoms. The fraction of sp³-hybridized carbons (Fsp3) is 0.929. The monoisotopic (exact) mass is 1180 g/mol. The van der Waals surface area contributed by atoms with E-state index in [1.165, 1.54) is 12.5 Å². The number of hydrogen-bond acceptors (Lipinski definition) is 17. The van der Waals surface area contributed by atoms with E-state index in [0.717, 1.165) is 62.2 Å². The van der Waals surface area contributed by atoms with Crippen molar-refractivity contribution in [2.24, 2.45) is 50.1 Å². The van der Waals surface area contributed by atoms with Crippen LogP contribution in [0.4, 0.5) is 0 Å². The number of carbonyl (C=O) groups is 2. The molecule has 19 heteroatoms.